The summed E-state index contributed by atoms with van der Waals surface area (Å²) < 4.78 is 5.06. The molecule has 0 saturated heterocycles. The van der Waals surface area contributed by atoms with E-state index in [0.29, 0.717) is 12.8 Å². The molecule has 0 aliphatic carbocycles. The van der Waals surface area contributed by atoms with Gasteiger partial charge in [0, 0.05) is 13.5 Å². The molecule has 1 aromatic rings. The molecule has 1 aromatic carbocycles. The van der Waals surface area contributed by atoms with Gasteiger partial charge in [-0.15, -0.1) is 0 Å². The second kappa shape index (κ2) is 7.41. The molecular formula is C14H19NO4. The van der Waals surface area contributed by atoms with Gasteiger partial charge in [0.1, 0.15) is 12.3 Å². The van der Waals surface area contributed by atoms with Crippen LogP contribution in [0.15, 0.2) is 24.3 Å². The van der Waals surface area contributed by atoms with Crippen LogP contribution in [-0.4, -0.2) is 42.6 Å². The lowest BCUT2D eigenvalue weighted by atomic mass is 10.1. The number of ether oxygens (including phenoxy) is 1. The van der Waals surface area contributed by atoms with Crippen molar-refractivity contribution in [1.29, 1.82) is 0 Å². The van der Waals surface area contributed by atoms with E-state index in [1.54, 1.807) is 7.11 Å². The van der Waals surface area contributed by atoms with E-state index in [0.717, 1.165) is 17.7 Å². The van der Waals surface area contributed by atoms with E-state index >= 15 is 0 Å². The third-order valence-corrected chi connectivity index (χ3v) is 2.81. The average molecular weight is 265 g/mol. The first kappa shape index (κ1) is 15.0. The van der Waals surface area contributed by atoms with Crippen LogP contribution in [0.5, 0.6) is 5.75 Å². The molecule has 0 saturated carbocycles. The van der Waals surface area contributed by atoms with E-state index in [-0.39, 0.29) is 12.5 Å². The molecule has 0 aliphatic rings. The van der Waals surface area contributed by atoms with Crippen LogP contribution < -0.4 is 4.74 Å². The Morgan fingerprint density at radius 2 is 1.89 bits per heavy atom. The Labute approximate surface area is 112 Å². The topological polar surface area (TPSA) is 66.8 Å². The molecule has 1 N–H and O–H groups in total. The normalized spacial score (nSPS) is 10.0. The van der Waals surface area contributed by atoms with Gasteiger partial charge >= 0.3 is 5.97 Å². The highest BCUT2D eigenvalue weighted by molar-refractivity contribution is 5.80. The van der Waals surface area contributed by atoms with E-state index < -0.39 is 5.97 Å². The highest BCUT2D eigenvalue weighted by Gasteiger charge is 2.11. The fourth-order valence-corrected chi connectivity index (χ4v) is 1.72. The van der Waals surface area contributed by atoms with Crippen molar-refractivity contribution in [1.82, 2.24) is 4.90 Å². The molecule has 5 heteroatoms. The molecule has 104 valence electrons. The van der Waals surface area contributed by atoms with Crippen molar-refractivity contribution in [2.45, 2.75) is 19.3 Å². The maximum absolute atomic E-state index is 11.6. The molecule has 19 heavy (non-hydrogen) atoms. The summed E-state index contributed by atoms with van der Waals surface area (Å²) in [6, 6.07) is 7.69. The number of carbonyl (C=O) groups is 2. The molecule has 5 nitrogen and oxygen atoms in total. The van der Waals surface area contributed by atoms with Crippen LogP contribution in [0.4, 0.5) is 0 Å². The number of likely N-dealkylation sites (N-methyl/N-ethyl adjacent to an activating group) is 1. The molecular weight excluding hydrogens is 246 g/mol. The molecule has 0 bridgehead atoms. The van der Waals surface area contributed by atoms with Crippen molar-refractivity contribution >= 4 is 11.9 Å². The number of amides is 1. The number of hydrogen-bond acceptors (Lipinski definition) is 3. The molecule has 0 spiro atoms. The lowest BCUT2D eigenvalue weighted by molar-refractivity contribution is -0.143. The summed E-state index contributed by atoms with van der Waals surface area (Å²) in [5, 5.41) is 8.58. The van der Waals surface area contributed by atoms with Crippen molar-refractivity contribution in [3.8, 4) is 5.75 Å². The first-order valence-corrected chi connectivity index (χ1v) is 6.11. The Morgan fingerprint density at radius 1 is 1.26 bits per heavy atom. The summed E-state index contributed by atoms with van der Waals surface area (Å²) in [5.41, 5.74) is 1.13. The third kappa shape index (κ3) is 5.42. The Bertz CT molecular complexity index is 428. The number of benzene rings is 1. The second-order valence-corrected chi connectivity index (χ2v) is 4.35. The van der Waals surface area contributed by atoms with Crippen molar-refractivity contribution in [2.75, 3.05) is 20.7 Å². The van der Waals surface area contributed by atoms with Crippen LogP contribution in [0.2, 0.25) is 0 Å². The summed E-state index contributed by atoms with van der Waals surface area (Å²) >= 11 is 0. The fourth-order valence-electron chi connectivity index (χ4n) is 1.72. The standard InChI is InChI=1S/C14H19NO4/c1-15(10-14(17)18)13(16)5-3-4-11-6-8-12(19-2)9-7-11/h6-9H,3-5,10H2,1-2H3,(H,17,18). The number of nitrogens with zero attached hydrogens (tertiary/aromatic N) is 1. The van der Waals surface area contributed by atoms with Gasteiger partial charge in [-0.1, -0.05) is 12.1 Å². The van der Waals surface area contributed by atoms with Crippen molar-refractivity contribution in [3.63, 3.8) is 0 Å². The highest BCUT2D eigenvalue weighted by atomic mass is 16.5. The zero-order valence-electron chi connectivity index (χ0n) is 11.3. The van der Waals surface area contributed by atoms with Gasteiger partial charge in [-0.2, -0.15) is 0 Å². The van der Waals surface area contributed by atoms with Crippen molar-refractivity contribution in [3.05, 3.63) is 29.8 Å². The van der Waals surface area contributed by atoms with E-state index in [4.69, 9.17) is 9.84 Å². The smallest absolute Gasteiger partial charge is 0.323 e. The predicted molar refractivity (Wildman–Crippen MR) is 71.2 cm³/mol. The van der Waals surface area contributed by atoms with Gasteiger partial charge in [0.05, 0.1) is 7.11 Å². The first-order valence-electron chi connectivity index (χ1n) is 6.11. The Morgan fingerprint density at radius 3 is 2.42 bits per heavy atom. The molecule has 0 unspecified atom stereocenters. The summed E-state index contributed by atoms with van der Waals surface area (Å²) in [5.74, 6) is -0.331. The number of carbonyl (C=O) groups excluding carboxylic acids is 1. The lowest BCUT2D eigenvalue weighted by Gasteiger charge is -2.14. The Kier molecular flexibility index (Phi) is 5.85. The Hall–Kier alpha value is -2.04. The number of hydrogen-bond donors (Lipinski definition) is 1. The quantitative estimate of drug-likeness (QED) is 0.812. The highest BCUT2D eigenvalue weighted by Crippen LogP contribution is 2.13. The van der Waals surface area contributed by atoms with Gasteiger partial charge < -0.3 is 14.7 Å². The zero-order chi connectivity index (χ0) is 14.3. The monoisotopic (exact) mass is 265 g/mol. The molecule has 0 atom stereocenters. The number of carboxylic acid groups (broad SMARTS) is 1. The summed E-state index contributed by atoms with van der Waals surface area (Å²) in [6.07, 6.45) is 1.85. The molecule has 0 aromatic heterocycles. The molecule has 0 radical (unpaired) electrons. The minimum Gasteiger partial charge on any atom is -0.497 e. The molecule has 0 heterocycles. The van der Waals surface area contributed by atoms with E-state index in [1.165, 1.54) is 11.9 Å². The van der Waals surface area contributed by atoms with Crippen LogP contribution >= 0.6 is 0 Å². The van der Waals surface area contributed by atoms with Gasteiger partial charge in [0.15, 0.2) is 0 Å². The molecule has 0 aliphatic heterocycles. The largest absolute Gasteiger partial charge is 0.497 e. The maximum Gasteiger partial charge on any atom is 0.323 e. The van der Waals surface area contributed by atoms with Crippen LogP contribution in [-0.2, 0) is 16.0 Å². The van der Waals surface area contributed by atoms with Crippen LogP contribution in [0, 0.1) is 0 Å². The average Bonchev–Trinajstić information content (AvgIpc) is 2.38. The Balaban J connectivity index is 2.32. The van der Waals surface area contributed by atoms with E-state index in [2.05, 4.69) is 0 Å². The number of methoxy groups -OCH3 is 1. The second-order valence-electron chi connectivity index (χ2n) is 4.35. The summed E-state index contributed by atoms with van der Waals surface area (Å²) in [4.78, 5) is 23.3. The molecule has 1 amide bonds. The number of carboxylic acids is 1. The molecule has 1 rings (SSSR count). The number of aliphatic carboxylic acids is 1. The van der Waals surface area contributed by atoms with Crippen molar-refractivity contribution in [2.24, 2.45) is 0 Å². The van der Waals surface area contributed by atoms with Gasteiger partial charge in [0.2, 0.25) is 5.91 Å². The SMILES string of the molecule is COc1ccc(CCCC(=O)N(C)CC(=O)O)cc1. The van der Waals surface area contributed by atoms with E-state index in [9.17, 15) is 9.59 Å². The minimum absolute atomic E-state index is 0.143. The number of aryl methyl sites for hydroxylation is 1. The van der Waals surface area contributed by atoms with E-state index in [1.807, 2.05) is 24.3 Å². The summed E-state index contributed by atoms with van der Waals surface area (Å²) in [6.45, 7) is -0.249. The lowest BCUT2D eigenvalue weighted by Crippen LogP contribution is -2.31. The van der Waals surface area contributed by atoms with Crippen LogP contribution in [0.25, 0.3) is 0 Å². The maximum atomic E-state index is 11.6. The van der Waals surface area contributed by atoms with Gasteiger partial charge in [-0.3, -0.25) is 9.59 Å². The molecule has 0 fully saturated rings. The zero-order valence-corrected chi connectivity index (χ0v) is 11.3. The fraction of sp³-hybridized carbons (Fsp3) is 0.429. The van der Waals surface area contributed by atoms with Crippen LogP contribution in [0.1, 0.15) is 18.4 Å². The predicted octanol–water partition coefficient (Wildman–Crippen LogP) is 1.56. The summed E-state index contributed by atoms with van der Waals surface area (Å²) in [7, 11) is 3.12. The van der Waals surface area contributed by atoms with Gasteiger partial charge in [0.25, 0.3) is 0 Å². The van der Waals surface area contributed by atoms with Gasteiger partial charge in [-0.25, -0.2) is 0 Å². The van der Waals surface area contributed by atoms with Crippen molar-refractivity contribution < 1.29 is 19.4 Å². The van der Waals surface area contributed by atoms with Crippen LogP contribution in [0.3, 0.4) is 0 Å². The third-order valence-electron chi connectivity index (χ3n) is 2.81. The minimum atomic E-state index is -0.994. The van der Waals surface area contributed by atoms with Gasteiger partial charge in [-0.05, 0) is 30.5 Å². The number of rotatable bonds is 7. The first-order chi connectivity index (χ1) is 9.02.